The van der Waals surface area contributed by atoms with Gasteiger partial charge in [0.2, 0.25) is 0 Å². The van der Waals surface area contributed by atoms with Crippen LogP contribution in [0.2, 0.25) is 0 Å². The van der Waals surface area contributed by atoms with Crippen LogP contribution < -0.4 is 5.32 Å². The van der Waals surface area contributed by atoms with Crippen molar-refractivity contribution >= 4 is 23.1 Å². The number of benzene rings is 1. The third-order valence-corrected chi connectivity index (χ3v) is 5.90. The van der Waals surface area contributed by atoms with Crippen molar-refractivity contribution in [2.24, 2.45) is 0 Å². The maximum atomic E-state index is 4.91. The van der Waals surface area contributed by atoms with Gasteiger partial charge in [-0.15, -0.1) is 11.3 Å². The fourth-order valence-electron chi connectivity index (χ4n) is 2.23. The topological polar surface area (TPSA) is 24.9 Å². The molecular formula is C17H22N2S2. The third-order valence-electron chi connectivity index (χ3n) is 3.49. The highest BCUT2D eigenvalue weighted by atomic mass is 32.2. The van der Waals surface area contributed by atoms with Crippen LogP contribution in [0.3, 0.4) is 0 Å². The van der Waals surface area contributed by atoms with E-state index in [1.54, 1.807) is 0 Å². The number of thioether (sulfide) groups is 1. The average Bonchev–Trinajstić information content (AvgIpc) is 3.26. The first-order valence-electron chi connectivity index (χ1n) is 7.72. The van der Waals surface area contributed by atoms with Gasteiger partial charge in [-0.3, -0.25) is 0 Å². The van der Waals surface area contributed by atoms with Crippen molar-refractivity contribution in [3.05, 3.63) is 40.2 Å². The molecule has 3 rings (SSSR count). The van der Waals surface area contributed by atoms with Gasteiger partial charge < -0.3 is 5.32 Å². The number of nitrogens with one attached hydrogen (secondary N) is 1. The number of aromatic nitrogens is 1. The van der Waals surface area contributed by atoms with Crippen LogP contribution in [0.25, 0.3) is 11.3 Å². The number of thiazole rings is 1. The van der Waals surface area contributed by atoms with E-state index in [4.69, 9.17) is 4.98 Å². The first-order valence-corrected chi connectivity index (χ1v) is 9.69. The lowest BCUT2D eigenvalue weighted by Crippen LogP contribution is -2.14. The lowest BCUT2D eigenvalue weighted by molar-refractivity contribution is 0.695. The summed E-state index contributed by atoms with van der Waals surface area (Å²) in [6, 6.07) is 11.3. The van der Waals surface area contributed by atoms with Gasteiger partial charge in [0.15, 0.2) is 0 Å². The molecule has 0 unspecified atom stereocenters. The first kappa shape index (κ1) is 15.1. The largest absolute Gasteiger partial charge is 0.309 e. The van der Waals surface area contributed by atoms with Gasteiger partial charge in [0.1, 0.15) is 5.01 Å². The smallest absolute Gasteiger partial charge is 0.103 e. The molecule has 0 radical (unpaired) electrons. The monoisotopic (exact) mass is 318 g/mol. The van der Waals surface area contributed by atoms with Crippen LogP contribution in [-0.4, -0.2) is 16.8 Å². The second-order valence-electron chi connectivity index (χ2n) is 5.45. The Balaban J connectivity index is 1.77. The standard InChI is InChI=1S/C17H22N2S2/c1-2-10-20-12-16-19-17(13-6-4-3-5-7-13)15(21-16)11-18-14-8-9-14/h3-7,14,18H,2,8-12H2,1H3. The molecule has 112 valence electrons. The summed E-state index contributed by atoms with van der Waals surface area (Å²) in [5.74, 6) is 2.26. The molecule has 0 bridgehead atoms. The molecule has 0 amide bonds. The molecule has 1 aromatic heterocycles. The van der Waals surface area contributed by atoms with Gasteiger partial charge in [0.25, 0.3) is 0 Å². The SMILES string of the molecule is CCCSCc1nc(-c2ccccc2)c(CNC2CC2)s1. The maximum absolute atomic E-state index is 4.91. The fourth-order valence-corrected chi connectivity index (χ4v) is 4.23. The normalized spacial score (nSPS) is 14.5. The Kier molecular flexibility index (Phi) is 5.33. The second kappa shape index (κ2) is 7.43. The number of hydrogen-bond acceptors (Lipinski definition) is 4. The minimum atomic E-state index is 0.744. The predicted molar refractivity (Wildman–Crippen MR) is 93.9 cm³/mol. The summed E-state index contributed by atoms with van der Waals surface area (Å²) in [7, 11) is 0. The second-order valence-corrected chi connectivity index (χ2v) is 7.73. The zero-order valence-electron chi connectivity index (χ0n) is 12.5. The van der Waals surface area contributed by atoms with Gasteiger partial charge >= 0.3 is 0 Å². The van der Waals surface area contributed by atoms with Gasteiger partial charge in [0, 0.05) is 28.8 Å². The van der Waals surface area contributed by atoms with Crippen LogP contribution in [0, 0.1) is 0 Å². The highest BCUT2D eigenvalue weighted by Crippen LogP contribution is 2.31. The molecule has 1 aromatic carbocycles. The van der Waals surface area contributed by atoms with Crippen LogP contribution in [-0.2, 0) is 12.3 Å². The number of hydrogen-bond donors (Lipinski definition) is 1. The van der Waals surface area contributed by atoms with Crippen molar-refractivity contribution in [3.8, 4) is 11.3 Å². The summed E-state index contributed by atoms with van der Waals surface area (Å²) in [5.41, 5.74) is 2.42. The minimum Gasteiger partial charge on any atom is -0.309 e. The minimum absolute atomic E-state index is 0.744. The molecular weight excluding hydrogens is 296 g/mol. The predicted octanol–water partition coefficient (Wildman–Crippen LogP) is 4.71. The van der Waals surface area contributed by atoms with Crippen molar-refractivity contribution in [2.75, 3.05) is 5.75 Å². The molecule has 2 nitrogen and oxygen atoms in total. The van der Waals surface area contributed by atoms with E-state index < -0.39 is 0 Å². The fraction of sp³-hybridized carbons (Fsp3) is 0.471. The van der Waals surface area contributed by atoms with E-state index in [1.807, 2.05) is 23.1 Å². The van der Waals surface area contributed by atoms with Crippen molar-refractivity contribution in [3.63, 3.8) is 0 Å². The van der Waals surface area contributed by atoms with Crippen LogP contribution in [0.4, 0.5) is 0 Å². The first-order chi connectivity index (χ1) is 10.4. The molecule has 1 fully saturated rings. The Bertz CT molecular complexity index is 561. The van der Waals surface area contributed by atoms with E-state index in [1.165, 1.54) is 46.2 Å². The Labute approximate surface area is 135 Å². The van der Waals surface area contributed by atoms with Crippen LogP contribution in [0.15, 0.2) is 30.3 Å². The van der Waals surface area contributed by atoms with Crippen molar-refractivity contribution in [2.45, 2.75) is 44.5 Å². The van der Waals surface area contributed by atoms with Crippen LogP contribution in [0.5, 0.6) is 0 Å². The van der Waals surface area contributed by atoms with E-state index in [-0.39, 0.29) is 0 Å². The lowest BCUT2D eigenvalue weighted by Gasteiger charge is -2.03. The van der Waals surface area contributed by atoms with Gasteiger partial charge in [-0.05, 0) is 25.0 Å². The van der Waals surface area contributed by atoms with Crippen LogP contribution >= 0.6 is 23.1 Å². The Hall–Kier alpha value is -0.840. The van der Waals surface area contributed by atoms with E-state index in [9.17, 15) is 0 Å². The van der Waals surface area contributed by atoms with Gasteiger partial charge in [-0.2, -0.15) is 11.8 Å². The molecule has 1 heterocycles. The quantitative estimate of drug-likeness (QED) is 0.714. The van der Waals surface area contributed by atoms with Crippen LogP contribution in [0.1, 0.15) is 36.1 Å². The zero-order valence-corrected chi connectivity index (χ0v) is 14.1. The maximum Gasteiger partial charge on any atom is 0.103 e. The van der Waals surface area contributed by atoms with Crippen molar-refractivity contribution in [1.82, 2.24) is 10.3 Å². The zero-order chi connectivity index (χ0) is 14.5. The number of nitrogens with zero attached hydrogens (tertiary/aromatic N) is 1. The molecule has 2 aromatic rings. The summed E-state index contributed by atoms with van der Waals surface area (Å²) in [5, 5.41) is 4.89. The summed E-state index contributed by atoms with van der Waals surface area (Å²) < 4.78 is 0. The molecule has 0 spiro atoms. The molecule has 0 saturated heterocycles. The molecule has 21 heavy (non-hydrogen) atoms. The lowest BCUT2D eigenvalue weighted by atomic mass is 10.1. The van der Waals surface area contributed by atoms with E-state index in [0.717, 1.165) is 18.3 Å². The summed E-state index contributed by atoms with van der Waals surface area (Å²) in [4.78, 5) is 6.30. The van der Waals surface area contributed by atoms with Gasteiger partial charge in [-0.1, -0.05) is 37.3 Å². The highest BCUT2D eigenvalue weighted by Gasteiger charge is 2.21. The third kappa shape index (κ3) is 4.31. The Morgan fingerprint density at radius 1 is 1.29 bits per heavy atom. The van der Waals surface area contributed by atoms with E-state index >= 15 is 0 Å². The highest BCUT2D eigenvalue weighted by molar-refractivity contribution is 7.98. The van der Waals surface area contributed by atoms with Gasteiger partial charge in [0.05, 0.1) is 5.69 Å². The molecule has 4 heteroatoms. The van der Waals surface area contributed by atoms with E-state index in [0.29, 0.717) is 0 Å². The Morgan fingerprint density at radius 3 is 2.81 bits per heavy atom. The molecule has 1 N–H and O–H groups in total. The molecule has 1 aliphatic rings. The number of rotatable bonds is 8. The molecule has 1 aliphatic carbocycles. The van der Waals surface area contributed by atoms with Crippen molar-refractivity contribution < 1.29 is 0 Å². The summed E-state index contributed by atoms with van der Waals surface area (Å²) in [6.07, 6.45) is 3.90. The Morgan fingerprint density at radius 2 is 2.10 bits per heavy atom. The summed E-state index contributed by atoms with van der Waals surface area (Å²) in [6.45, 7) is 3.19. The molecule has 1 saturated carbocycles. The van der Waals surface area contributed by atoms with E-state index in [2.05, 4.69) is 42.6 Å². The summed E-state index contributed by atoms with van der Waals surface area (Å²) >= 11 is 3.87. The molecule has 0 atom stereocenters. The van der Waals surface area contributed by atoms with Crippen molar-refractivity contribution in [1.29, 1.82) is 0 Å². The average molecular weight is 319 g/mol. The van der Waals surface area contributed by atoms with Gasteiger partial charge in [-0.25, -0.2) is 4.98 Å². The molecule has 0 aliphatic heterocycles.